The second-order valence-electron chi connectivity index (χ2n) is 7.45. The summed E-state index contributed by atoms with van der Waals surface area (Å²) in [5.74, 6) is -4.06. The number of benzene rings is 2. The molecule has 0 amide bonds. The molecule has 0 unspecified atom stereocenters. The van der Waals surface area contributed by atoms with Gasteiger partial charge in [0.15, 0.2) is 0 Å². The molecule has 0 aromatic heterocycles. The Morgan fingerprint density at radius 3 is 2.00 bits per heavy atom. The third-order valence-electron chi connectivity index (χ3n) is 5.26. The lowest BCUT2D eigenvalue weighted by Gasteiger charge is -2.39. The Bertz CT molecular complexity index is 911. The topological polar surface area (TPSA) is 53.0 Å². The summed E-state index contributed by atoms with van der Waals surface area (Å²) >= 11 is 0. The number of carboxylic acid groups (broad SMARTS) is 1. The third-order valence-corrected chi connectivity index (χ3v) is 5.26. The number of aliphatic carboxylic acids is 1. The third kappa shape index (κ3) is 6.38. The monoisotopic (exact) mass is 452 g/mol. The molecule has 0 spiro atoms. The molecular weight excluding hydrogens is 428 g/mol. The lowest BCUT2D eigenvalue weighted by Crippen LogP contribution is -2.48. The highest BCUT2D eigenvalue weighted by molar-refractivity contribution is 5.68. The first kappa shape index (κ1) is 23.9. The Labute approximate surface area is 183 Å². The molecular formula is C23H24F4N2O3. The first-order valence-corrected chi connectivity index (χ1v) is 10.2. The van der Waals surface area contributed by atoms with Crippen molar-refractivity contribution in [1.29, 1.82) is 0 Å². The number of piperazine rings is 1. The number of hydrogen-bond acceptors (Lipinski definition) is 4. The maximum absolute atomic E-state index is 14.6. The number of carboxylic acids is 1. The van der Waals surface area contributed by atoms with Gasteiger partial charge in [-0.05, 0) is 12.1 Å². The van der Waals surface area contributed by atoms with Gasteiger partial charge < -0.3 is 9.84 Å². The normalized spacial score (nSPS) is 15.7. The smallest absolute Gasteiger partial charge is 0.329 e. The van der Waals surface area contributed by atoms with Crippen LogP contribution in [0, 0.1) is 23.3 Å². The lowest BCUT2D eigenvalue weighted by molar-refractivity contribution is -0.141. The first-order chi connectivity index (χ1) is 15.3. The zero-order valence-electron chi connectivity index (χ0n) is 17.3. The molecule has 0 atom stereocenters. The summed E-state index contributed by atoms with van der Waals surface area (Å²) in [5, 5.41) is 8.52. The van der Waals surface area contributed by atoms with Crippen LogP contribution in [0.15, 0.2) is 48.6 Å². The Morgan fingerprint density at radius 1 is 0.938 bits per heavy atom. The van der Waals surface area contributed by atoms with E-state index in [9.17, 15) is 22.4 Å². The second kappa shape index (κ2) is 11.2. The lowest BCUT2D eigenvalue weighted by atomic mass is 9.95. The van der Waals surface area contributed by atoms with Crippen molar-refractivity contribution >= 4 is 5.97 Å². The van der Waals surface area contributed by atoms with E-state index in [2.05, 4.69) is 4.90 Å². The molecule has 0 aliphatic carbocycles. The number of nitrogens with zero attached hydrogens (tertiary/aromatic N) is 2. The fraction of sp³-hybridized carbons (Fsp3) is 0.348. The molecule has 1 aliphatic heterocycles. The van der Waals surface area contributed by atoms with Crippen LogP contribution >= 0.6 is 0 Å². The van der Waals surface area contributed by atoms with E-state index in [-0.39, 0.29) is 24.3 Å². The van der Waals surface area contributed by atoms with E-state index in [0.29, 0.717) is 32.7 Å². The molecule has 5 nitrogen and oxygen atoms in total. The molecule has 2 aromatic carbocycles. The van der Waals surface area contributed by atoms with E-state index in [1.54, 1.807) is 6.08 Å². The van der Waals surface area contributed by atoms with Crippen LogP contribution in [0.3, 0.4) is 0 Å². The van der Waals surface area contributed by atoms with Gasteiger partial charge in [-0.3, -0.25) is 9.80 Å². The van der Waals surface area contributed by atoms with Crippen LogP contribution in [-0.4, -0.2) is 66.8 Å². The minimum absolute atomic E-state index is 0.126. The fourth-order valence-electron chi connectivity index (χ4n) is 3.72. The Kier molecular flexibility index (Phi) is 8.38. The van der Waals surface area contributed by atoms with Crippen molar-refractivity contribution in [2.45, 2.75) is 6.04 Å². The molecule has 9 heteroatoms. The van der Waals surface area contributed by atoms with E-state index in [4.69, 9.17) is 9.84 Å². The maximum atomic E-state index is 14.6. The van der Waals surface area contributed by atoms with Crippen LogP contribution < -0.4 is 0 Å². The first-order valence-electron chi connectivity index (χ1n) is 10.2. The number of rotatable bonds is 9. The highest BCUT2D eigenvalue weighted by Gasteiger charge is 2.30. The molecule has 2 aromatic rings. The van der Waals surface area contributed by atoms with E-state index >= 15 is 0 Å². The fourth-order valence-corrected chi connectivity index (χ4v) is 3.72. The van der Waals surface area contributed by atoms with Crippen molar-refractivity contribution in [2.75, 3.05) is 45.9 Å². The predicted octanol–water partition coefficient (Wildman–Crippen LogP) is 3.61. The largest absolute Gasteiger partial charge is 0.480 e. The summed E-state index contributed by atoms with van der Waals surface area (Å²) in [6.45, 7) is 2.66. The summed E-state index contributed by atoms with van der Waals surface area (Å²) in [4.78, 5) is 14.4. The van der Waals surface area contributed by atoms with Gasteiger partial charge in [-0.15, -0.1) is 0 Å². The van der Waals surface area contributed by atoms with Gasteiger partial charge >= 0.3 is 5.97 Å². The minimum atomic E-state index is -1.03. The van der Waals surface area contributed by atoms with Gasteiger partial charge in [0.1, 0.15) is 29.9 Å². The Balaban J connectivity index is 1.69. The summed E-state index contributed by atoms with van der Waals surface area (Å²) in [6.07, 6.45) is 3.61. The van der Waals surface area contributed by atoms with Gasteiger partial charge in [-0.1, -0.05) is 24.3 Å². The van der Waals surface area contributed by atoms with Crippen LogP contribution in [0.4, 0.5) is 17.6 Å². The van der Waals surface area contributed by atoms with Crippen molar-refractivity contribution < 1.29 is 32.2 Å². The van der Waals surface area contributed by atoms with Crippen LogP contribution in [0.2, 0.25) is 0 Å². The summed E-state index contributed by atoms with van der Waals surface area (Å²) < 4.78 is 61.1. The average Bonchev–Trinajstić information content (AvgIpc) is 2.74. The van der Waals surface area contributed by atoms with Crippen LogP contribution in [0.1, 0.15) is 17.2 Å². The molecule has 1 N–H and O–H groups in total. The molecule has 32 heavy (non-hydrogen) atoms. The van der Waals surface area contributed by atoms with Crippen molar-refractivity contribution in [2.24, 2.45) is 0 Å². The second-order valence-corrected chi connectivity index (χ2v) is 7.45. The van der Waals surface area contributed by atoms with Gasteiger partial charge in [-0.2, -0.15) is 0 Å². The zero-order valence-corrected chi connectivity index (χ0v) is 17.3. The van der Waals surface area contributed by atoms with Crippen LogP contribution in [-0.2, 0) is 9.53 Å². The highest BCUT2D eigenvalue weighted by Crippen LogP contribution is 2.33. The Hall–Kier alpha value is -2.75. The van der Waals surface area contributed by atoms with E-state index < -0.39 is 35.3 Å². The number of hydrogen-bond donors (Lipinski definition) is 1. The van der Waals surface area contributed by atoms with Gasteiger partial charge in [0.25, 0.3) is 0 Å². The molecule has 0 saturated carbocycles. The van der Waals surface area contributed by atoms with Crippen LogP contribution in [0.25, 0.3) is 0 Å². The van der Waals surface area contributed by atoms with Gasteiger partial charge in [0.05, 0.1) is 12.6 Å². The number of carbonyl (C=O) groups is 1. The van der Waals surface area contributed by atoms with Gasteiger partial charge in [-0.25, -0.2) is 22.4 Å². The summed E-state index contributed by atoms with van der Waals surface area (Å²) in [7, 11) is 0. The average molecular weight is 452 g/mol. The molecule has 0 radical (unpaired) electrons. The van der Waals surface area contributed by atoms with E-state index in [0.717, 1.165) is 24.3 Å². The molecule has 172 valence electrons. The molecule has 3 rings (SSSR count). The highest BCUT2D eigenvalue weighted by atomic mass is 19.1. The van der Waals surface area contributed by atoms with Crippen molar-refractivity contribution in [3.05, 3.63) is 82.9 Å². The zero-order chi connectivity index (χ0) is 23.1. The SMILES string of the molecule is O=C(O)COCC=CCN1CCN(C(c2ccc(F)cc2F)c2ccc(F)cc2F)CC1. The summed E-state index contributed by atoms with van der Waals surface area (Å²) in [6, 6.07) is 5.54. The molecule has 0 bridgehead atoms. The van der Waals surface area contributed by atoms with Crippen molar-refractivity contribution in [1.82, 2.24) is 9.80 Å². The van der Waals surface area contributed by atoms with Crippen molar-refractivity contribution in [3.63, 3.8) is 0 Å². The quantitative estimate of drug-likeness (QED) is 0.358. The Morgan fingerprint density at radius 2 is 1.50 bits per heavy atom. The molecule has 1 saturated heterocycles. The number of ether oxygens (including phenoxy) is 1. The summed E-state index contributed by atoms with van der Waals surface area (Å²) in [5.41, 5.74) is 0.252. The minimum Gasteiger partial charge on any atom is -0.480 e. The van der Waals surface area contributed by atoms with Gasteiger partial charge in [0.2, 0.25) is 0 Å². The van der Waals surface area contributed by atoms with Crippen LogP contribution in [0.5, 0.6) is 0 Å². The van der Waals surface area contributed by atoms with Crippen molar-refractivity contribution in [3.8, 4) is 0 Å². The van der Waals surface area contributed by atoms with Gasteiger partial charge in [0, 0.05) is 56.0 Å². The number of halogens is 4. The molecule has 1 heterocycles. The maximum Gasteiger partial charge on any atom is 0.329 e. The van der Waals surface area contributed by atoms with E-state index in [1.165, 1.54) is 12.1 Å². The van der Waals surface area contributed by atoms with E-state index in [1.807, 2.05) is 11.0 Å². The molecule has 1 fully saturated rings. The molecule has 1 aliphatic rings. The standard InChI is InChI=1S/C23H24F4N2O3/c24-16-3-5-18(20(26)13-16)23(19-6-4-17(25)14-21(19)27)29-10-8-28(9-11-29)7-1-2-12-32-15-22(30)31/h1-6,13-14,23H,7-12,15H2,(H,30,31). The predicted molar refractivity (Wildman–Crippen MR) is 110 cm³/mol.